The van der Waals surface area contributed by atoms with Gasteiger partial charge in [-0.15, -0.1) is 0 Å². The molecule has 4 nitrogen and oxygen atoms in total. The normalized spacial score (nSPS) is 10.3. The zero-order valence-electron chi connectivity index (χ0n) is 7.14. The van der Waals surface area contributed by atoms with Crippen LogP contribution < -0.4 is 0 Å². The maximum Gasteiger partial charge on any atom is 0.207 e. The Kier molecular flexibility index (Phi) is 2.01. The van der Waals surface area contributed by atoms with Crippen LogP contribution >= 0.6 is 12.2 Å². The van der Waals surface area contributed by atoms with Crippen molar-refractivity contribution in [3.05, 3.63) is 35.2 Å². The Labute approximate surface area is 85.1 Å². The summed E-state index contributed by atoms with van der Waals surface area (Å²) < 4.78 is 1.96. The topological polar surface area (TPSA) is 61.2 Å². The molecule has 14 heavy (non-hydrogen) atoms. The molecule has 0 saturated carbocycles. The average Bonchev–Trinajstić information content (AvgIpc) is 2.45. The van der Waals surface area contributed by atoms with Gasteiger partial charge >= 0.3 is 0 Å². The summed E-state index contributed by atoms with van der Waals surface area (Å²) >= 11 is 4.96. The molecule has 0 amide bonds. The molecule has 0 bridgehead atoms. The molecule has 0 radical (unpaired) electrons. The number of benzene rings is 1. The molecule has 0 unspecified atom stereocenters. The molecule has 2 aromatic rings. The smallest absolute Gasteiger partial charge is 0.207 e. The van der Waals surface area contributed by atoms with Crippen LogP contribution in [0.1, 0.15) is 0 Å². The number of aromatic amines is 1. The zero-order valence-corrected chi connectivity index (χ0v) is 7.95. The van der Waals surface area contributed by atoms with E-state index in [1.54, 1.807) is 28.8 Å². The van der Waals surface area contributed by atoms with E-state index < -0.39 is 0 Å². The lowest BCUT2D eigenvalue weighted by atomic mass is 10.3. The predicted molar refractivity (Wildman–Crippen MR) is 54.3 cm³/mol. The summed E-state index contributed by atoms with van der Waals surface area (Å²) in [6.45, 7) is 0. The van der Waals surface area contributed by atoms with Crippen molar-refractivity contribution in [3.8, 4) is 17.3 Å². The summed E-state index contributed by atoms with van der Waals surface area (Å²) in [4.78, 5) is 2.58. The first-order valence-electron chi connectivity index (χ1n) is 3.97. The van der Waals surface area contributed by atoms with E-state index in [4.69, 9.17) is 17.3 Å². The van der Waals surface area contributed by atoms with Crippen molar-refractivity contribution in [2.75, 3.05) is 0 Å². The van der Waals surface area contributed by atoms with Crippen LogP contribution in [0.5, 0.6) is 11.6 Å². The molecular weight excluding hydrogens is 200 g/mol. The van der Waals surface area contributed by atoms with Crippen LogP contribution in [-0.4, -0.2) is 19.8 Å². The van der Waals surface area contributed by atoms with Crippen molar-refractivity contribution in [3.63, 3.8) is 0 Å². The van der Waals surface area contributed by atoms with Crippen molar-refractivity contribution in [1.82, 2.24) is 9.55 Å². The van der Waals surface area contributed by atoms with E-state index in [0.29, 0.717) is 10.5 Å². The average molecular weight is 208 g/mol. The van der Waals surface area contributed by atoms with Crippen LogP contribution in [-0.2, 0) is 0 Å². The van der Waals surface area contributed by atoms with Crippen LogP contribution in [0, 0.1) is 4.77 Å². The van der Waals surface area contributed by atoms with Crippen molar-refractivity contribution >= 4 is 12.2 Å². The Morgan fingerprint density at radius 2 is 2.07 bits per heavy atom. The van der Waals surface area contributed by atoms with Gasteiger partial charge in [0, 0.05) is 6.07 Å². The van der Waals surface area contributed by atoms with E-state index in [0.717, 1.165) is 0 Å². The Morgan fingerprint density at radius 3 is 2.64 bits per heavy atom. The number of phenols is 1. The minimum absolute atomic E-state index is 0.00153. The number of aromatic nitrogens is 2. The molecule has 2 rings (SSSR count). The monoisotopic (exact) mass is 208 g/mol. The molecule has 0 saturated heterocycles. The largest absolute Gasteiger partial charge is 0.508 e. The van der Waals surface area contributed by atoms with E-state index in [-0.39, 0.29) is 11.6 Å². The Balaban J connectivity index is 2.60. The molecule has 3 N–H and O–H groups in total. The van der Waals surface area contributed by atoms with Crippen LogP contribution in [0.4, 0.5) is 0 Å². The van der Waals surface area contributed by atoms with E-state index in [2.05, 4.69) is 4.98 Å². The molecule has 1 heterocycles. The van der Waals surface area contributed by atoms with Crippen LogP contribution in [0.2, 0.25) is 0 Å². The summed E-state index contributed by atoms with van der Waals surface area (Å²) in [5.41, 5.74) is 0.701. The molecule has 5 heteroatoms. The minimum Gasteiger partial charge on any atom is -0.508 e. The Bertz CT molecular complexity index is 516. The van der Waals surface area contributed by atoms with Crippen molar-refractivity contribution in [1.29, 1.82) is 0 Å². The van der Waals surface area contributed by atoms with E-state index >= 15 is 0 Å². The van der Waals surface area contributed by atoms with Crippen molar-refractivity contribution in [2.24, 2.45) is 0 Å². The molecule has 0 atom stereocenters. The van der Waals surface area contributed by atoms with E-state index in [1.165, 1.54) is 6.20 Å². The lowest BCUT2D eigenvalue weighted by molar-refractivity contribution is 0.456. The summed E-state index contributed by atoms with van der Waals surface area (Å²) in [7, 11) is 0. The van der Waals surface area contributed by atoms with Crippen molar-refractivity contribution in [2.45, 2.75) is 0 Å². The first-order chi connectivity index (χ1) is 6.66. The van der Waals surface area contributed by atoms with Gasteiger partial charge in [0.1, 0.15) is 5.75 Å². The first-order valence-corrected chi connectivity index (χ1v) is 4.38. The minimum atomic E-state index is -0.00153. The fourth-order valence-corrected chi connectivity index (χ4v) is 1.48. The third-order valence-electron chi connectivity index (χ3n) is 1.81. The Hall–Kier alpha value is -1.75. The van der Waals surface area contributed by atoms with Gasteiger partial charge < -0.3 is 15.2 Å². The number of nitrogens with zero attached hydrogens (tertiary/aromatic N) is 1. The summed E-state index contributed by atoms with van der Waals surface area (Å²) in [5.74, 6) is 0.156. The van der Waals surface area contributed by atoms with Crippen LogP contribution in [0.3, 0.4) is 0 Å². The number of aromatic hydroxyl groups is 2. The second kappa shape index (κ2) is 3.19. The molecule has 0 aliphatic rings. The highest BCUT2D eigenvalue weighted by Crippen LogP contribution is 2.17. The summed E-state index contributed by atoms with van der Waals surface area (Å²) in [5, 5.41) is 18.4. The SMILES string of the molecule is Oc1cccc(-n2cc(O)[nH]c2=S)c1. The maximum atomic E-state index is 9.25. The van der Waals surface area contributed by atoms with Gasteiger partial charge in [-0.2, -0.15) is 0 Å². The number of nitrogens with one attached hydrogen (secondary N) is 1. The second-order valence-electron chi connectivity index (χ2n) is 2.83. The molecule has 0 fully saturated rings. The van der Waals surface area contributed by atoms with Gasteiger partial charge in [0.25, 0.3) is 0 Å². The van der Waals surface area contributed by atoms with Gasteiger partial charge in [-0.1, -0.05) is 6.07 Å². The third kappa shape index (κ3) is 1.49. The lowest BCUT2D eigenvalue weighted by Crippen LogP contribution is -1.90. The highest BCUT2D eigenvalue weighted by atomic mass is 32.1. The standard InChI is InChI=1S/C9H8N2O2S/c12-7-3-1-2-6(4-7)11-5-8(13)10-9(11)14/h1-5,12-13H,(H,10,14). The van der Waals surface area contributed by atoms with Gasteiger partial charge in [-0.3, -0.25) is 4.57 Å². The molecule has 0 aliphatic heterocycles. The number of rotatable bonds is 1. The molecule has 1 aromatic heterocycles. The molecular formula is C9H8N2O2S. The van der Waals surface area contributed by atoms with Gasteiger partial charge in [-0.05, 0) is 24.4 Å². The number of imidazole rings is 1. The lowest BCUT2D eigenvalue weighted by Gasteiger charge is -2.01. The molecule has 0 spiro atoms. The van der Waals surface area contributed by atoms with E-state index in [1.807, 2.05) is 0 Å². The van der Waals surface area contributed by atoms with Gasteiger partial charge in [0.2, 0.25) is 5.88 Å². The fourth-order valence-electron chi connectivity index (χ4n) is 1.22. The van der Waals surface area contributed by atoms with Gasteiger partial charge in [0.05, 0.1) is 11.9 Å². The number of H-pyrrole nitrogens is 1. The zero-order chi connectivity index (χ0) is 10.1. The third-order valence-corrected chi connectivity index (χ3v) is 2.11. The molecule has 0 aliphatic carbocycles. The maximum absolute atomic E-state index is 9.25. The quantitative estimate of drug-likeness (QED) is 0.628. The van der Waals surface area contributed by atoms with Gasteiger partial charge in [0.15, 0.2) is 4.77 Å². The van der Waals surface area contributed by atoms with Crippen LogP contribution in [0.15, 0.2) is 30.5 Å². The van der Waals surface area contributed by atoms with Crippen molar-refractivity contribution < 1.29 is 10.2 Å². The molecule has 1 aromatic carbocycles. The number of phenolic OH excluding ortho intramolecular Hbond substituents is 1. The second-order valence-corrected chi connectivity index (χ2v) is 3.22. The number of hydrogen-bond acceptors (Lipinski definition) is 3. The van der Waals surface area contributed by atoms with Crippen LogP contribution in [0.25, 0.3) is 5.69 Å². The van der Waals surface area contributed by atoms with Gasteiger partial charge in [-0.25, -0.2) is 0 Å². The first kappa shape index (κ1) is 8.83. The van der Waals surface area contributed by atoms with E-state index in [9.17, 15) is 5.11 Å². The molecule has 72 valence electrons. The Morgan fingerprint density at radius 1 is 1.29 bits per heavy atom. The fraction of sp³-hybridized carbons (Fsp3) is 0. The predicted octanol–water partition coefficient (Wildman–Crippen LogP) is 1.95. The highest BCUT2D eigenvalue weighted by Gasteiger charge is 2.01. The number of hydrogen-bond donors (Lipinski definition) is 3. The highest BCUT2D eigenvalue weighted by molar-refractivity contribution is 7.71. The summed E-state index contributed by atoms with van der Waals surface area (Å²) in [6, 6.07) is 6.61. The summed E-state index contributed by atoms with van der Waals surface area (Å²) in [6.07, 6.45) is 1.46.